The molecule has 0 aliphatic carbocycles. The number of nitrogens with one attached hydrogen (secondary N) is 2. The van der Waals surface area contributed by atoms with Crippen LogP contribution in [0.5, 0.6) is 0 Å². The topological polar surface area (TPSA) is 109 Å². The maximum atomic E-state index is 12.7. The smallest absolute Gasteiger partial charge is 0.253 e. The second-order valence-electron chi connectivity index (χ2n) is 7.88. The SMILES string of the molecule is NC1CCN(C(=O)c2ccc(Nc3ncc(Cl)c(Nc4ccc5ncsc5c4)n3)cc2)CC1. The van der Waals surface area contributed by atoms with E-state index in [1.165, 1.54) is 0 Å². The van der Waals surface area contributed by atoms with Gasteiger partial charge < -0.3 is 21.3 Å². The molecule has 1 amide bonds. The van der Waals surface area contributed by atoms with Crippen LogP contribution in [0, 0.1) is 0 Å². The van der Waals surface area contributed by atoms with E-state index in [1.807, 2.05) is 40.7 Å². The van der Waals surface area contributed by atoms with E-state index in [1.54, 1.807) is 29.7 Å². The number of aromatic nitrogens is 3. The third-order valence-electron chi connectivity index (χ3n) is 5.55. The summed E-state index contributed by atoms with van der Waals surface area (Å²) in [6.07, 6.45) is 3.23. The zero-order valence-corrected chi connectivity index (χ0v) is 19.2. The average Bonchev–Trinajstić information content (AvgIpc) is 3.30. The van der Waals surface area contributed by atoms with Crippen molar-refractivity contribution in [3.63, 3.8) is 0 Å². The van der Waals surface area contributed by atoms with E-state index in [-0.39, 0.29) is 11.9 Å². The molecule has 1 saturated heterocycles. The van der Waals surface area contributed by atoms with Crippen molar-refractivity contribution in [1.29, 1.82) is 0 Å². The second kappa shape index (κ2) is 9.30. The number of thiazole rings is 1. The standard InChI is InChI=1S/C23H22ClN7OS/c24-18-12-26-23(30-21(18)28-17-5-6-19-20(11-17)33-13-27-19)29-16-3-1-14(2-4-16)22(32)31-9-7-15(25)8-10-31/h1-6,11-13,15H,7-10,25H2,(H2,26,28,29,30). The maximum absolute atomic E-state index is 12.7. The Morgan fingerprint density at radius 3 is 2.61 bits per heavy atom. The summed E-state index contributed by atoms with van der Waals surface area (Å²) in [7, 11) is 0. The van der Waals surface area contributed by atoms with E-state index >= 15 is 0 Å². The first-order valence-electron chi connectivity index (χ1n) is 10.6. The first-order chi connectivity index (χ1) is 16.0. The minimum absolute atomic E-state index is 0.0283. The number of anilines is 4. The van der Waals surface area contributed by atoms with Crippen LogP contribution in [0.3, 0.4) is 0 Å². The van der Waals surface area contributed by atoms with E-state index in [4.69, 9.17) is 17.3 Å². The Hall–Kier alpha value is -3.27. The number of fused-ring (bicyclic) bond motifs is 1. The Morgan fingerprint density at radius 1 is 1.06 bits per heavy atom. The predicted molar refractivity (Wildman–Crippen MR) is 133 cm³/mol. The predicted octanol–water partition coefficient (Wildman–Crippen LogP) is 4.79. The van der Waals surface area contributed by atoms with Gasteiger partial charge in [0.05, 0.1) is 21.9 Å². The zero-order chi connectivity index (χ0) is 22.8. The summed E-state index contributed by atoms with van der Waals surface area (Å²) in [5.41, 5.74) is 11.0. The summed E-state index contributed by atoms with van der Waals surface area (Å²) in [6.45, 7) is 1.40. The molecule has 4 aromatic rings. The Morgan fingerprint density at radius 2 is 1.82 bits per heavy atom. The molecule has 5 rings (SSSR count). The molecule has 10 heteroatoms. The maximum Gasteiger partial charge on any atom is 0.253 e. The summed E-state index contributed by atoms with van der Waals surface area (Å²) in [4.78, 5) is 27.6. The number of amides is 1. The molecular weight excluding hydrogens is 458 g/mol. The molecule has 2 aromatic carbocycles. The van der Waals surface area contributed by atoms with Gasteiger partial charge >= 0.3 is 0 Å². The molecule has 0 spiro atoms. The van der Waals surface area contributed by atoms with E-state index < -0.39 is 0 Å². The number of halogens is 1. The van der Waals surface area contributed by atoms with Crippen molar-refractivity contribution in [2.45, 2.75) is 18.9 Å². The van der Waals surface area contributed by atoms with E-state index in [0.29, 0.717) is 35.4 Å². The molecule has 1 fully saturated rings. The van der Waals surface area contributed by atoms with Crippen molar-refractivity contribution < 1.29 is 4.79 Å². The lowest BCUT2D eigenvalue weighted by Crippen LogP contribution is -2.42. The number of nitrogens with zero attached hydrogens (tertiary/aromatic N) is 4. The van der Waals surface area contributed by atoms with Gasteiger partial charge in [-0.3, -0.25) is 4.79 Å². The van der Waals surface area contributed by atoms with Crippen LogP contribution in [0.15, 0.2) is 54.2 Å². The first kappa shape index (κ1) is 21.6. The van der Waals surface area contributed by atoms with Crippen LogP contribution in [0.4, 0.5) is 23.1 Å². The fourth-order valence-electron chi connectivity index (χ4n) is 3.69. The Bertz CT molecular complexity index is 1290. The number of carbonyl (C=O) groups excluding carboxylic acids is 1. The molecule has 1 aliphatic rings. The van der Waals surface area contributed by atoms with Crippen LogP contribution < -0.4 is 16.4 Å². The first-order valence-corrected chi connectivity index (χ1v) is 11.9. The molecule has 8 nitrogen and oxygen atoms in total. The third-order valence-corrected chi connectivity index (χ3v) is 6.62. The van der Waals surface area contributed by atoms with Crippen molar-refractivity contribution in [2.24, 2.45) is 5.73 Å². The zero-order valence-electron chi connectivity index (χ0n) is 17.7. The third kappa shape index (κ3) is 4.90. The number of rotatable bonds is 5. The van der Waals surface area contributed by atoms with Gasteiger partial charge in [0.15, 0.2) is 5.82 Å². The highest BCUT2D eigenvalue weighted by atomic mass is 35.5. The normalized spacial score (nSPS) is 14.4. The van der Waals surface area contributed by atoms with Gasteiger partial charge in [-0.2, -0.15) is 4.98 Å². The number of nitrogens with two attached hydrogens (primary N) is 1. The van der Waals surface area contributed by atoms with Crippen LogP contribution in [0.25, 0.3) is 10.2 Å². The Balaban J connectivity index is 1.27. The van der Waals surface area contributed by atoms with Gasteiger partial charge in [0.1, 0.15) is 5.02 Å². The highest BCUT2D eigenvalue weighted by Gasteiger charge is 2.21. The summed E-state index contributed by atoms with van der Waals surface area (Å²) in [5, 5.41) is 6.81. The number of carbonyl (C=O) groups is 1. The van der Waals surface area contributed by atoms with Crippen molar-refractivity contribution >= 4 is 62.2 Å². The van der Waals surface area contributed by atoms with E-state index in [9.17, 15) is 4.79 Å². The van der Waals surface area contributed by atoms with Gasteiger partial charge in [-0.15, -0.1) is 11.3 Å². The minimum atomic E-state index is 0.0283. The largest absolute Gasteiger partial charge is 0.339 e. The molecule has 0 atom stereocenters. The summed E-state index contributed by atoms with van der Waals surface area (Å²) in [5.74, 6) is 0.915. The number of likely N-dealkylation sites (tertiary alicyclic amines) is 1. The average molecular weight is 480 g/mol. The van der Waals surface area contributed by atoms with Gasteiger partial charge in [0.25, 0.3) is 5.91 Å². The molecule has 4 N–H and O–H groups in total. The second-order valence-corrected chi connectivity index (χ2v) is 9.18. The van der Waals surface area contributed by atoms with Gasteiger partial charge in [0.2, 0.25) is 5.95 Å². The van der Waals surface area contributed by atoms with Crippen molar-refractivity contribution in [1.82, 2.24) is 19.9 Å². The monoisotopic (exact) mass is 479 g/mol. The number of hydrogen-bond acceptors (Lipinski definition) is 8. The van der Waals surface area contributed by atoms with Gasteiger partial charge in [-0.25, -0.2) is 9.97 Å². The molecule has 168 valence electrons. The number of piperidine rings is 1. The summed E-state index contributed by atoms with van der Waals surface area (Å²) < 4.78 is 1.07. The van der Waals surface area contributed by atoms with Crippen LogP contribution in [0.1, 0.15) is 23.2 Å². The Labute approximate surface area is 199 Å². The van der Waals surface area contributed by atoms with Gasteiger partial charge in [-0.05, 0) is 55.3 Å². The van der Waals surface area contributed by atoms with Crippen molar-refractivity contribution in [3.05, 3.63) is 64.8 Å². The van der Waals surface area contributed by atoms with Crippen LogP contribution in [-0.2, 0) is 0 Å². The van der Waals surface area contributed by atoms with E-state index in [0.717, 1.165) is 34.4 Å². The molecule has 2 aromatic heterocycles. The van der Waals surface area contributed by atoms with Gasteiger partial charge in [0, 0.05) is 36.1 Å². The molecule has 0 saturated carbocycles. The van der Waals surface area contributed by atoms with Crippen molar-refractivity contribution in [3.8, 4) is 0 Å². The molecule has 3 heterocycles. The highest BCUT2D eigenvalue weighted by Crippen LogP contribution is 2.28. The summed E-state index contributed by atoms with van der Waals surface area (Å²) >= 11 is 7.88. The van der Waals surface area contributed by atoms with Gasteiger partial charge in [-0.1, -0.05) is 11.6 Å². The molecule has 0 radical (unpaired) electrons. The Kier molecular flexibility index (Phi) is 6.08. The molecule has 33 heavy (non-hydrogen) atoms. The highest BCUT2D eigenvalue weighted by molar-refractivity contribution is 7.16. The lowest BCUT2D eigenvalue weighted by molar-refractivity contribution is 0.0715. The molecular formula is C23H22ClN7OS. The fraction of sp³-hybridized carbons (Fsp3) is 0.217. The molecule has 0 unspecified atom stereocenters. The van der Waals surface area contributed by atoms with Crippen LogP contribution in [0.2, 0.25) is 5.02 Å². The quantitative estimate of drug-likeness (QED) is 0.377. The lowest BCUT2D eigenvalue weighted by Gasteiger charge is -2.30. The molecule has 1 aliphatic heterocycles. The fourth-order valence-corrected chi connectivity index (χ4v) is 4.55. The van der Waals surface area contributed by atoms with Crippen molar-refractivity contribution in [2.75, 3.05) is 23.7 Å². The minimum Gasteiger partial charge on any atom is -0.339 e. The molecule has 0 bridgehead atoms. The van der Waals surface area contributed by atoms with Crippen LogP contribution >= 0.6 is 22.9 Å². The number of benzene rings is 2. The van der Waals surface area contributed by atoms with Crippen LogP contribution in [-0.4, -0.2) is 44.9 Å². The lowest BCUT2D eigenvalue weighted by atomic mass is 10.0. The van der Waals surface area contributed by atoms with E-state index in [2.05, 4.69) is 25.6 Å². The summed E-state index contributed by atoms with van der Waals surface area (Å²) in [6, 6.07) is 13.4. The number of hydrogen-bond donors (Lipinski definition) is 3.